The first-order chi connectivity index (χ1) is 11.0. The summed E-state index contributed by atoms with van der Waals surface area (Å²) >= 11 is 0. The molecule has 0 aromatic carbocycles. The minimum absolute atomic E-state index is 0.298. The monoisotopic (exact) mass is 326 g/mol. The van der Waals surface area contributed by atoms with Crippen LogP contribution in [-0.2, 0) is 9.47 Å². The van der Waals surface area contributed by atoms with Crippen LogP contribution < -0.4 is 0 Å². The summed E-state index contributed by atoms with van der Waals surface area (Å²) in [5.74, 6) is -1.97. The topological polar surface area (TPSA) is 18.5 Å². The molecule has 0 saturated heterocycles. The lowest BCUT2D eigenvalue weighted by atomic mass is 9.82. The van der Waals surface area contributed by atoms with Crippen LogP contribution in [0.1, 0.15) is 45.4 Å². The molecule has 2 nitrogen and oxygen atoms in total. The van der Waals surface area contributed by atoms with Gasteiger partial charge in [0.05, 0.1) is 13.2 Å². The molecule has 0 radical (unpaired) electrons. The van der Waals surface area contributed by atoms with Gasteiger partial charge in [-0.25, -0.2) is 0 Å². The van der Waals surface area contributed by atoms with Gasteiger partial charge in [0.2, 0.25) is 11.7 Å². The molecule has 1 saturated carbocycles. The van der Waals surface area contributed by atoms with Crippen LogP contribution in [0.4, 0.5) is 8.78 Å². The van der Waals surface area contributed by atoms with Crippen molar-refractivity contribution in [2.45, 2.75) is 45.4 Å². The maximum Gasteiger partial charge on any atom is 0.203 e. The lowest BCUT2D eigenvalue weighted by Gasteiger charge is -2.26. The predicted molar refractivity (Wildman–Crippen MR) is 90.0 cm³/mol. The van der Waals surface area contributed by atoms with Gasteiger partial charge in [-0.05, 0) is 43.9 Å². The minimum Gasteiger partial charge on any atom is -0.491 e. The summed E-state index contributed by atoms with van der Waals surface area (Å²) in [6.07, 6.45) is 7.80. The Morgan fingerprint density at radius 1 is 1.04 bits per heavy atom. The van der Waals surface area contributed by atoms with Crippen molar-refractivity contribution < 1.29 is 18.3 Å². The quantitative estimate of drug-likeness (QED) is 0.212. The molecule has 0 aromatic rings. The molecule has 0 unspecified atom stereocenters. The predicted octanol–water partition coefficient (Wildman–Crippen LogP) is 5.99. The number of rotatable bonds is 10. The Hall–Kier alpha value is -1.58. The standard InChI is InChI=1S/C19H28F2O2/c1-5-7-12-22-14(3)18(20)19(21)15(4)23-13-17-10-8-16(6-2)9-11-17/h6,16-17H,2-5,7-13H2,1H3/b19-18-. The molecule has 23 heavy (non-hydrogen) atoms. The summed E-state index contributed by atoms with van der Waals surface area (Å²) in [5.41, 5.74) is 0. The van der Waals surface area contributed by atoms with E-state index < -0.39 is 11.7 Å². The number of ether oxygens (including phenoxy) is 2. The Balaban J connectivity index is 2.41. The highest BCUT2D eigenvalue weighted by Gasteiger charge is 2.21. The van der Waals surface area contributed by atoms with E-state index in [0.717, 1.165) is 38.5 Å². The van der Waals surface area contributed by atoms with Crippen molar-refractivity contribution in [3.63, 3.8) is 0 Å². The average Bonchev–Trinajstić information content (AvgIpc) is 2.58. The first-order valence-electron chi connectivity index (χ1n) is 8.31. The zero-order valence-electron chi connectivity index (χ0n) is 14.1. The molecule has 4 heteroatoms. The first-order valence-corrected chi connectivity index (χ1v) is 8.31. The van der Waals surface area contributed by atoms with E-state index in [4.69, 9.17) is 9.47 Å². The van der Waals surface area contributed by atoms with Crippen molar-refractivity contribution in [1.82, 2.24) is 0 Å². The highest BCUT2D eigenvalue weighted by atomic mass is 19.2. The maximum absolute atomic E-state index is 13.9. The second kappa shape index (κ2) is 10.2. The van der Waals surface area contributed by atoms with E-state index in [0.29, 0.717) is 25.0 Å². The van der Waals surface area contributed by atoms with Crippen LogP contribution in [0.2, 0.25) is 0 Å². The molecule has 0 heterocycles. The van der Waals surface area contributed by atoms with Gasteiger partial charge in [-0.1, -0.05) is 32.6 Å². The zero-order valence-corrected chi connectivity index (χ0v) is 14.1. The molecule has 1 aliphatic carbocycles. The van der Waals surface area contributed by atoms with E-state index in [-0.39, 0.29) is 11.5 Å². The van der Waals surface area contributed by atoms with Crippen LogP contribution in [0, 0.1) is 11.8 Å². The van der Waals surface area contributed by atoms with Crippen molar-refractivity contribution in [3.05, 3.63) is 49.0 Å². The molecule has 0 N–H and O–H groups in total. The smallest absolute Gasteiger partial charge is 0.203 e. The van der Waals surface area contributed by atoms with Gasteiger partial charge in [0.25, 0.3) is 0 Å². The summed E-state index contributed by atoms with van der Waals surface area (Å²) in [6, 6.07) is 0. The third-order valence-corrected chi connectivity index (χ3v) is 4.17. The van der Waals surface area contributed by atoms with Gasteiger partial charge in [-0.3, -0.25) is 0 Å². The van der Waals surface area contributed by atoms with E-state index >= 15 is 0 Å². The van der Waals surface area contributed by atoms with Crippen molar-refractivity contribution in [1.29, 1.82) is 0 Å². The molecule has 1 fully saturated rings. The van der Waals surface area contributed by atoms with Crippen LogP contribution >= 0.6 is 0 Å². The highest BCUT2D eigenvalue weighted by molar-refractivity contribution is 5.29. The molecule has 0 bridgehead atoms. The average molecular weight is 326 g/mol. The van der Waals surface area contributed by atoms with Gasteiger partial charge in [0.1, 0.15) is 0 Å². The molecule has 0 aromatic heterocycles. The SMILES string of the molecule is C=CC1CCC(COC(=C)/C(F)=C(/F)C(=C)OCCCC)CC1. The van der Waals surface area contributed by atoms with Crippen molar-refractivity contribution in [2.75, 3.05) is 13.2 Å². The van der Waals surface area contributed by atoms with Crippen LogP contribution in [0.3, 0.4) is 0 Å². The zero-order chi connectivity index (χ0) is 17.2. The Morgan fingerprint density at radius 3 is 2.13 bits per heavy atom. The Morgan fingerprint density at radius 2 is 1.61 bits per heavy atom. The van der Waals surface area contributed by atoms with Gasteiger partial charge in [-0.2, -0.15) is 8.78 Å². The Labute approximate surface area is 138 Å². The van der Waals surface area contributed by atoms with E-state index in [2.05, 4.69) is 19.7 Å². The number of hydrogen-bond donors (Lipinski definition) is 0. The molecule has 0 aliphatic heterocycles. The maximum atomic E-state index is 13.9. The van der Waals surface area contributed by atoms with E-state index in [1.165, 1.54) is 0 Å². The summed E-state index contributed by atoms with van der Waals surface area (Å²) in [6.45, 7) is 13.3. The molecular weight excluding hydrogens is 298 g/mol. The lowest BCUT2D eigenvalue weighted by molar-refractivity contribution is 0.132. The molecule has 1 aliphatic rings. The van der Waals surface area contributed by atoms with Crippen molar-refractivity contribution >= 4 is 0 Å². The molecule has 0 spiro atoms. The fourth-order valence-corrected chi connectivity index (χ4v) is 2.52. The number of allylic oxidation sites excluding steroid dienone is 3. The van der Waals surface area contributed by atoms with E-state index in [9.17, 15) is 8.78 Å². The number of unbranched alkanes of at least 4 members (excludes halogenated alkanes) is 1. The van der Waals surface area contributed by atoms with Gasteiger partial charge in [-0.15, -0.1) is 6.58 Å². The molecule has 0 atom stereocenters. The first kappa shape index (κ1) is 19.5. The second-order valence-corrected chi connectivity index (χ2v) is 6.00. The Bertz CT molecular complexity index is 446. The number of hydrogen-bond acceptors (Lipinski definition) is 2. The molecule has 1 rings (SSSR count). The second-order valence-electron chi connectivity index (χ2n) is 6.00. The fourth-order valence-electron chi connectivity index (χ4n) is 2.52. The lowest BCUT2D eigenvalue weighted by Crippen LogP contribution is -2.17. The van der Waals surface area contributed by atoms with Gasteiger partial charge < -0.3 is 9.47 Å². The minimum atomic E-state index is -1.14. The van der Waals surface area contributed by atoms with Crippen LogP contribution in [0.15, 0.2) is 49.0 Å². The summed E-state index contributed by atoms with van der Waals surface area (Å²) < 4.78 is 38.2. The molecule has 130 valence electrons. The fraction of sp³-hybridized carbons (Fsp3) is 0.579. The Kier molecular flexibility index (Phi) is 8.67. The van der Waals surface area contributed by atoms with Crippen LogP contribution in [-0.4, -0.2) is 13.2 Å². The van der Waals surface area contributed by atoms with Crippen LogP contribution in [0.25, 0.3) is 0 Å². The normalized spacial score (nSPS) is 22.0. The van der Waals surface area contributed by atoms with E-state index in [1.54, 1.807) is 0 Å². The molecule has 0 amide bonds. The largest absolute Gasteiger partial charge is 0.491 e. The summed E-state index contributed by atoms with van der Waals surface area (Å²) in [5, 5.41) is 0. The number of halogens is 2. The van der Waals surface area contributed by atoms with Gasteiger partial charge in [0.15, 0.2) is 11.5 Å². The van der Waals surface area contributed by atoms with Crippen molar-refractivity contribution in [3.8, 4) is 0 Å². The van der Waals surface area contributed by atoms with Crippen LogP contribution in [0.5, 0.6) is 0 Å². The third kappa shape index (κ3) is 6.59. The van der Waals surface area contributed by atoms with E-state index in [1.807, 2.05) is 13.0 Å². The van der Waals surface area contributed by atoms with Gasteiger partial charge in [0, 0.05) is 0 Å². The summed E-state index contributed by atoms with van der Waals surface area (Å²) in [4.78, 5) is 0. The molecular formula is C19H28F2O2. The van der Waals surface area contributed by atoms with Gasteiger partial charge >= 0.3 is 0 Å². The third-order valence-electron chi connectivity index (χ3n) is 4.17. The van der Waals surface area contributed by atoms with Crippen molar-refractivity contribution in [2.24, 2.45) is 11.8 Å². The highest BCUT2D eigenvalue weighted by Crippen LogP contribution is 2.31. The summed E-state index contributed by atoms with van der Waals surface area (Å²) in [7, 11) is 0.